The monoisotopic (exact) mass is 459 g/mol. The highest BCUT2D eigenvalue weighted by Gasteiger charge is 2.22. The van der Waals surface area contributed by atoms with Crippen molar-refractivity contribution >= 4 is 32.3 Å². The Morgan fingerprint density at radius 2 is 1.85 bits per heavy atom. The average Bonchev–Trinajstić information content (AvgIpc) is 3.35. The van der Waals surface area contributed by atoms with E-state index in [1.165, 1.54) is 0 Å². The number of nitrogens with one attached hydrogen (secondary N) is 1. The van der Waals surface area contributed by atoms with Crippen molar-refractivity contribution in [2.24, 2.45) is 0 Å². The molecule has 33 heavy (non-hydrogen) atoms. The van der Waals surface area contributed by atoms with Crippen molar-refractivity contribution in [3.05, 3.63) is 78.0 Å². The highest BCUT2D eigenvalue weighted by Crippen LogP contribution is 2.34. The van der Waals surface area contributed by atoms with Gasteiger partial charge in [-0.3, -0.25) is 9.71 Å². The average molecular weight is 460 g/mol. The summed E-state index contributed by atoms with van der Waals surface area (Å²) in [6.45, 7) is 6.49. The van der Waals surface area contributed by atoms with E-state index in [0.717, 1.165) is 51.8 Å². The molecule has 7 nitrogen and oxygen atoms in total. The number of hydrogen-bond donors (Lipinski definition) is 1. The Morgan fingerprint density at radius 3 is 2.61 bits per heavy atom. The van der Waals surface area contributed by atoms with Gasteiger partial charge in [-0.2, -0.15) is 0 Å². The van der Waals surface area contributed by atoms with Gasteiger partial charge in [0, 0.05) is 28.8 Å². The van der Waals surface area contributed by atoms with Gasteiger partial charge >= 0.3 is 0 Å². The van der Waals surface area contributed by atoms with Crippen LogP contribution in [0.2, 0.25) is 0 Å². The highest BCUT2D eigenvalue weighted by molar-refractivity contribution is 7.92. The number of fused-ring (bicyclic) bond motifs is 2. The zero-order valence-electron chi connectivity index (χ0n) is 19.0. The lowest BCUT2D eigenvalue weighted by Gasteiger charge is -2.22. The number of sulfonamides is 1. The van der Waals surface area contributed by atoms with Crippen LogP contribution in [0, 0.1) is 0 Å². The number of aromatic nitrogens is 4. The van der Waals surface area contributed by atoms with E-state index in [9.17, 15) is 8.42 Å². The maximum Gasteiger partial charge on any atom is 0.229 e. The first-order valence-corrected chi connectivity index (χ1v) is 12.6. The molecule has 1 N–H and O–H groups in total. The van der Waals surface area contributed by atoms with Crippen LogP contribution in [0.1, 0.15) is 37.7 Å². The van der Waals surface area contributed by atoms with E-state index in [4.69, 9.17) is 4.98 Å². The minimum atomic E-state index is -3.36. The molecule has 0 fully saturated rings. The Hall–Kier alpha value is -3.52. The molecular formula is C25H25N5O2S. The van der Waals surface area contributed by atoms with Crippen molar-refractivity contribution in [2.75, 3.05) is 11.0 Å². The van der Waals surface area contributed by atoms with Crippen LogP contribution >= 0.6 is 0 Å². The summed E-state index contributed by atoms with van der Waals surface area (Å²) in [5, 5.41) is 0. The minimum absolute atomic E-state index is 0.0761. The number of hydrogen-bond acceptors (Lipinski definition) is 5. The lowest BCUT2D eigenvalue weighted by Crippen LogP contribution is -2.20. The van der Waals surface area contributed by atoms with E-state index in [-0.39, 0.29) is 5.54 Å². The molecule has 1 aliphatic carbocycles. The summed E-state index contributed by atoms with van der Waals surface area (Å²) in [6, 6.07) is 13.5. The molecule has 0 saturated carbocycles. The summed E-state index contributed by atoms with van der Waals surface area (Å²) in [5.74, 6) is 0. The second kappa shape index (κ2) is 7.52. The zero-order chi connectivity index (χ0) is 23.4. The second-order valence-electron chi connectivity index (χ2n) is 9.32. The predicted octanol–water partition coefficient (Wildman–Crippen LogP) is 4.61. The first kappa shape index (κ1) is 21.3. The van der Waals surface area contributed by atoms with E-state index in [1.54, 1.807) is 24.4 Å². The van der Waals surface area contributed by atoms with Gasteiger partial charge in [-0.05, 0) is 50.6 Å². The Morgan fingerprint density at radius 1 is 1.03 bits per heavy atom. The molecule has 0 amide bonds. The van der Waals surface area contributed by atoms with E-state index in [1.807, 2.05) is 18.5 Å². The number of benzene rings is 2. The molecular weight excluding hydrogens is 434 g/mol. The molecule has 4 aromatic rings. The van der Waals surface area contributed by atoms with E-state index >= 15 is 0 Å². The van der Waals surface area contributed by atoms with Gasteiger partial charge in [0.2, 0.25) is 10.0 Å². The zero-order valence-corrected chi connectivity index (χ0v) is 19.8. The predicted molar refractivity (Wildman–Crippen MR) is 131 cm³/mol. The molecule has 0 spiro atoms. The number of allylic oxidation sites excluding steroid dienone is 1. The first-order chi connectivity index (χ1) is 15.6. The van der Waals surface area contributed by atoms with Crippen LogP contribution in [0.25, 0.3) is 27.9 Å². The highest BCUT2D eigenvalue weighted by atomic mass is 32.2. The summed E-state index contributed by atoms with van der Waals surface area (Å²) in [7, 11) is -3.36. The lowest BCUT2D eigenvalue weighted by atomic mass is 10.0. The molecule has 8 heteroatoms. The molecule has 0 bridgehead atoms. The number of imidazole rings is 1. The van der Waals surface area contributed by atoms with E-state index in [2.05, 4.69) is 58.2 Å². The van der Waals surface area contributed by atoms with Crippen LogP contribution in [0.4, 0.5) is 5.69 Å². The van der Waals surface area contributed by atoms with Crippen LogP contribution in [0.5, 0.6) is 0 Å². The largest absolute Gasteiger partial charge is 0.325 e. The molecule has 2 aromatic carbocycles. The number of rotatable bonds is 4. The molecule has 0 aliphatic heterocycles. The van der Waals surface area contributed by atoms with Gasteiger partial charge in [-0.15, -0.1) is 0 Å². The van der Waals surface area contributed by atoms with Crippen LogP contribution in [-0.4, -0.2) is 34.2 Å². The van der Waals surface area contributed by atoms with Gasteiger partial charge in [0.15, 0.2) is 0 Å². The summed E-state index contributed by atoms with van der Waals surface area (Å²) in [4.78, 5) is 14.1. The fourth-order valence-corrected chi connectivity index (χ4v) is 4.69. The van der Waals surface area contributed by atoms with Crippen molar-refractivity contribution in [3.63, 3.8) is 0 Å². The molecule has 168 valence electrons. The van der Waals surface area contributed by atoms with Crippen molar-refractivity contribution < 1.29 is 8.42 Å². The Balaban J connectivity index is 1.55. The van der Waals surface area contributed by atoms with Crippen LogP contribution in [0.15, 0.2) is 61.1 Å². The standard InChI is InChI=1S/C25H25N5O2S/c1-25(2,3)30-15-27-20-10-8-16(13-23(20)30)19-9-11-21-24(19)28-22(14-26-21)17-6-5-7-18(12-17)29-33(4,31)32/h5-10,12-15,29H,11H2,1-4H3. The van der Waals surface area contributed by atoms with Crippen molar-refractivity contribution in [2.45, 2.75) is 32.7 Å². The third-order valence-corrected chi connectivity index (χ3v) is 6.25. The topological polar surface area (TPSA) is 89.8 Å². The van der Waals surface area contributed by atoms with Gasteiger partial charge in [0.25, 0.3) is 0 Å². The Kier molecular flexibility index (Phi) is 4.86. The van der Waals surface area contributed by atoms with E-state index in [0.29, 0.717) is 11.4 Å². The van der Waals surface area contributed by atoms with Gasteiger partial charge in [-0.1, -0.05) is 24.3 Å². The molecule has 0 atom stereocenters. The normalized spacial score (nSPS) is 13.8. The van der Waals surface area contributed by atoms with E-state index < -0.39 is 10.0 Å². The summed E-state index contributed by atoms with van der Waals surface area (Å²) >= 11 is 0. The third kappa shape index (κ3) is 4.14. The third-order valence-electron chi connectivity index (χ3n) is 5.65. The molecule has 2 heterocycles. The second-order valence-corrected chi connectivity index (χ2v) is 11.1. The molecule has 1 aliphatic rings. The molecule has 0 radical (unpaired) electrons. The van der Waals surface area contributed by atoms with Crippen LogP contribution in [0.3, 0.4) is 0 Å². The molecule has 0 unspecified atom stereocenters. The molecule has 0 saturated heterocycles. The fraction of sp³-hybridized carbons (Fsp3) is 0.240. The smallest absolute Gasteiger partial charge is 0.229 e. The summed E-state index contributed by atoms with van der Waals surface area (Å²) < 4.78 is 27.9. The fourth-order valence-electron chi connectivity index (χ4n) is 4.13. The quantitative estimate of drug-likeness (QED) is 0.481. The van der Waals surface area contributed by atoms with Crippen molar-refractivity contribution in [3.8, 4) is 11.3 Å². The molecule has 5 rings (SSSR count). The van der Waals surface area contributed by atoms with Gasteiger partial charge < -0.3 is 4.57 Å². The maximum atomic E-state index is 11.6. The summed E-state index contributed by atoms with van der Waals surface area (Å²) in [6.07, 6.45) is 7.65. The molecule has 2 aromatic heterocycles. The van der Waals surface area contributed by atoms with Gasteiger partial charge in [-0.25, -0.2) is 18.4 Å². The van der Waals surface area contributed by atoms with Crippen molar-refractivity contribution in [1.29, 1.82) is 0 Å². The Labute approximate surface area is 193 Å². The van der Waals surface area contributed by atoms with Crippen LogP contribution in [-0.2, 0) is 22.0 Å². The Bertz CT molecular complexity index is 1530. The van der Waals surface area contributed by atoms with Crippen LogP contribution < -0.4 is 4.72 Å². The van der Waals surface area contributed by atoms with Gasteiger partial charge in [0.05, 0.1) is 46.9 Å². The maximum absolute atomic E-state index is 11.6. The number of anilines is 1. The summed E-state index contributed by atoms with van der Waals surface area (Å²) in [5.41, 5.74) is 7.87. The van der Waals surface area contributed by atoms with Gasteiger partial charge in [0.1, 0.15) is 0 Å². The minimum Gasteiger partial charge on any atom is -0.325 e. The van der Waals surface area contributed by atoms with Crippen molar-refractivity contribution in [1.82, 2.24) is 19.5 Å². The number of nitrogens with zero attached hydrogens (tertiary/aromatic N) is 4. The lowest BCUT2D eigenvalue weighted by molar-refractivity contribution is 0.408. The first-order valence-electron chi connectivity index (χ1n) is 10.7. The SMILES string of the molecule is CC(C)(C)n1cnc2ccc(C3=CCc4ncc(-c5cccc(NS(C)(=O)=O)c5)nc43)cc21.